The smallest absolute Gasteiger partial charge is 0.228 e. The molecule has 1 saturated heterocycles. The average Bonchev–Trinajstić information content (AvgIpc) is 2.73. The van der Waals surface area contributed by atoms with Crippen molar-refractivity contribution in [1.82, 2.24) is 9.88 Å². The molecule has 0 saturated carbocycles. The van der Waals surface area contributed by atoms with Gasteiger partial charge in [-0.25, -0.2) is 0 Å². The fourth-order valence-corrected chi connectivity index (χ4v) is 4.51. The van der Waals surface area contributed by atoms with Gasteiger partial charge in [-0.15, -0.1) is 0 Å². The van der Waals surface area contributed by atoms with Gasteiger partial charge in [0.2, 0.25) is 5.88 Å². The van der Waals surface area contributed by atoms with Crippen LogP contribution >= 0.6 is 0 Å². The zero-order chi connectivity index (χ0) is 19.3. The monoisotopic (exact) mass is 371 g/mol. The Labute approximate surface area is 163 Å². The van der Waals surface area contributed by atoms with Crippen LogP contribution in [0.4, 0.5) is 11.5 Å². The van der Waals surface area contributed by atoms with Crippen LogP contribution in [0, 0.1) is 11.3 Å². The summed E-state index contributed by atoms with van der Waals surface area (Å²) in [5.41, 5.74) is 14.9. The Bertz CT molecular complexity index is 1130. The third kappa shape index (κ3) is 2.40. The molecule has 2 aliphatic heterocycles. The fourth-order valence-electron chi connectivity index (χ4n) is 4.51. The van der Waals surface area contributed by atoms with Gasteiger partial charge in [0.15, 0.2) is 0 Å². The fraction of sp³-hybridized carbons (Fsp3) is 0.273. The van der Waals surface area contributed by atoms with E-state index in [1.54, 1.807) is 0 Å². The van der Waals surface area contributed by atoms with E-state index in [1.165, 1.54) is 6.42 Å². The first-order chi connectivity index (χ1) is 13.7. The second-order valence-electron chi connectivity index (χ2n) is 7.42. The molecule has 0 bridgehead atoms. The summed E-state index contributed by atoms with van der Waals surface area (Å²) in [7, 11) is 0. The highest BCUT2D eigenvalue weighted by Crippen LogP contribution is 2.51. The van der Waals surface area contributed by atoms with Gasteiger partial charge < -0.3 is 16.2 Å². The summed E-state index contributed by atoms with van der Waals surface area (Å²) in [5, 5.41) is 11.8. The number of likely N-dealkylation sites (tertiary alicyclic amines) is 1. The summed E-state index contributed by atoms with van der Waals surface area (Å²) in [5.74, 6) is 1.30. The molecule has 5 rings (SSSR count). The number of nitriles is 1. The first-order valence-electron chi connectivity index (χ1n) is 9.61. The highest BCUT2D eigenvalue weighted by molar-refractivity contribution is 5.90. The van der Waals surface area contributed by atoms with E-state index in [4.69, 9.17) is 16.2 Å². The van der Waals surface area contributed by atoms with Crippen LogP contribution in [-0.4, -0.2) is 23.0 Å². The molecule has 4 N–H and O–H groups in total. The number of nitrogen functional groups attached to an aromatic ring is 2. The number of ether oxygens (including phenoxy) is 1. The van der Waals surface area contributed by atoms with Gasteiger partial charge in [-0.2, -0.15) is 10.2 Å². The maximum atomic E-state index is 9.56. The first-order valence-corrected chi connectivity index (χ1v) is 9.61. The van der Waals surface area contributed by atoms with Crippen molar-refractivity contribution in [2.45, 2.75) is 25.3 Å². The van der Waals surface area contributed by atoms with E-state index in [0.29, 0.717) is 11.6 Å². The van der Waals surface area contributed by atoms with Crippen molar-refractivity contribution in [1.29, 1.82) is 5.26 Å². The number of aromatic nitrogens is 1. The van der Waals surface area contributed by atoms with Crippen LogP contribution in [0.5, 0.6) is 11.6 Å². The molecule has 2 aromatic carbocycles. The average molecular weight is 371 g/mol. The summed E-state index contributed by atoms with van der Waals surface area (Å²) in [6, 6.07) is 14.3. The molecule has 140 valence electrons. The normalized spacial score (nSPS) is 18.8. The molecule has 3 aromatic rings. The molecule has 6 nitrogen and oxygen atoms in total. The Hall–Kier alpha value is -3.30. The van der Waals surface area contributed by atoms with Crippen LogP contribution < -0.4 is 16.2 Å². The Morgan fingerprint density at radius 3 is 2.61 bits per heavy atom. The molecule has 3 heterocycles. The number of rotatable bonds is 1. The molecule has 2 aliphatic rings. The largest absolute Gasteiger partial charge is 0.438 e. The van der Waals surface area contributed by atoms with Gasteiger partial charge in [-0.1, -0.05) is 36.8 Å². The van der Waals surface area contributed by atoms with Crippen molar-refractivity contribution in [2.75, 3.05) is 24.6 Å². The lowest BCUT2D eigenvalue weighted by atomic mass is 9.87. The Kier molecular flexibility index (Phi) is 3.85. The van der Waals surface area contributed by atoms with Crippen molar-refractivity contribution in [2.24, 2.45) is 0 Å². The van der Waals surface area contributed by atoms with Crippen LogP contribution in [0.3, 0.4) is 0 Å². The number of hydrogen-bond acceptors (Lipinski definition) is 6. The number of nitrogens with zero attached hydrogens (tertiary/aromatic N) is 3. The third-order valence-electron chi connectivity index (χ3n) is 5.82. The van der Waals surface area contributed by atoms with Crippen molar-refractivity contribution in [3.8, 4) is 17.7 Å². The number of benzene rings is 2. The predicted octanol–water partition coefficient (Wildman–Crippen LogP) is 3.95. The Balaban J connectivity index is 1.82. The molecule has 0 aliphatic carbocycles. The van der Waals surface area contributed by atoms with E-state index >= 15 is 0 Å². The summed E-state index contributed by atoms with van der Waals surface area (Å²) in [6.45, 7) is 1.94. The minimum absolute atomic E-state index is 0.106. The van der Waals surface area contributed by atoms with E-state index < -0.39 is 0 Å². The minimum Gasteiger partial charge on any atom is -0.438 e. The Morgan fingerprint density at radius 1 is 1.04 bits per heavy atom. The van der Waals surface area contributed by atoms with Gasteiger partial charge >= 0.3 is 0 Å². The van der Waals surface area contributed by atoms with Crippen LogP contribution in [0.15, 0.2) is 36.4 Å². The van der Waals surface area contributed by atoms with Crippen LogP contribution in [0.1, 0.15) is 42.0 Å². The Morgan fingerprint density at radius 2 is 1.82 bits per heavy atom. The molecular formula is C22H21N5O. The van der Waals surface area contributed by atoms with Gasteiger partial charge in [0.25, 0.3) is 0 Å². The number of nitrogens with two attached hydrogens (primary N) is 2. The summed E-state index contributed by atoms with van der Waals surface area (Å²) >= 11 is 0. The van der Waals surface area contributed by atoms with Gasteiger partial charge in [0.05, 0.1) is 17.3 Å². The third-order valence-corrected chi connectivity index (χ3v) is 5.82. The highest BCUT2D eigenvalue weighted by Gasteiger charge is 2.37. The van der Waals surface area contributed by atoms with Crippen LogP contribution in [-0.2, 0) is 0 Å². The summed E-state index contributed by atoms with van der Waals surface area (Å²) in [4.78, 5) is 6.83. The van der Waals surface area contributed by atoms with E-state index in [9.17, 15) is 5.26 Å². The maximum Gasteiger partial charge on any atom is 0.228 e. The van der Waals surface area contributed by atoms with Gasteiger partial charge in [-0.05, 0) is 42.8 Å². The summed E-state index contributed by atoms with van der Waals surface area (Å²) in [6.07, 6.45) is 3.51. The van der Waals surface area contributed by atoms with E-state index in [-0.39, 0.29) is 17.4 Å². The molecule has 1 fully saturated rings. The number of fused-ring (bicyclic) bond motifs is 4. The maximum absolute atomic E-state index is 9.56. The standard InChI is InChI=1S/C22H21N5O/c23-12-15-19(24)18-20(27-10-4-1-5-11-27)17-14-7-3-2-6-13(14)8-9-16(17)28-22(18)26-21(15)25/h2-3,6-9,20H,1,4-5,10-11H2,(H4,24,25,26). The lowest BCUT2D eigenvalue weighted by Crippen LogP contribution is -2.36. The van der Waals surface area contributed by atoms with Gasteiger partial charge in [0, 0.05) is 5.56 Å². The molecule has 0 amide bonds. The SMILES string of the molecule is N#Cc1c(N)nc2c(c1N)C(N1CCCCC1)c1c(ccc3ccccc13)O2. The lowest BCUT2D eigenvalue weighted by molar-refractivity contribution is 0.178. The van der Waals surface area contributed by atoms with E-state index in [1.807, 2.05) is 18.2 Å². The lowest BCUT2D eigenvalue weighted by Gasteiger charge is -2.39. The topological polar surface area (TPSA) is 101 Å². The minimum atomic E-state index is -0.106. The van der Waals surface area contributed by atoms with Gasteiger partial charge in [0.1, 0.15) is 23.2 Å². The molecular weight excluding hydrogens is 350 g/mol. The molecule has 0 spiro atoms. The molecule has 6 heteroatoms. The van der Waals surface area contributed by atoms with Crippen molar-refractivity contribution in [3.63, 3.8) is 0 Å². The number of anilines is 2. The highest BCUT2D eigenvalue weighted by atomic mass is 16.5. The first kappa shape index (κ1) is 16.8. The molecule has 28 heavy (non-hydrogen) atoms. The zero-order valence-electron chi connectivity index (χ0n) is 15.5. The molecule has 1 aromatic heterocycles. The van der Waals surface area contributed by atoms with E-state index in [0.717, 1.165) is 53.6 Å². The predicted molar refractivity (Wildman–Crippen MR) is 109 cm³/mol. The van der Waals surface area contributed by atoms with Crippen molar-refractivity contribution >= 4 is 22.3 Å². The molecule has 0 radical (unpaired) electrons. The quantitative estimate of drug-likeness (QED) is 0.671. The zero-order valence-corrected chi connectivity index (χ0v) is 15.5. The van der Waals surface area contributed by atoms with Gasteiger partial charge in [-0.3, -0.25) is 4.90 Å². The molecule has 1 atom stereocenters. The second kappa shape index (κ2) is 6.39. The number of pyridine rings is 1. The van der Waals surface area contributed by atoms with Crippen LogP contribution in [0.25, 0.3) is 10.8 Å². The van der Waals surface area contributed by atoms with Crippen molar-refractivity contribution in [3.05, 3.63) is 53.1 Å². The number of hydrogen-bond donors (Lipinski definition) is 2. The van der Waals surface area contributed by atoms with Crippen LogP contribution in [0.2, 0.25) is 0 Å². The summed E-state index contributed by atoms with van der Waals surface area (Å²) < 4.78 is 6.16. The number of piperidine rings is 1. The van der Waals surface area contributed by atoms with Crippen molar-refractivity contribution < 1.29 is 4.74 Å². The van der Waals surface area contributed by atoms with E-state index in [2.05, 4.69) is 34.2 Å². The molecule has 1 unspecified atom stereocenters. The second-order valence-corrected chi connectivity index (χ2v) is 7.42.